The highest BCUT2D eigenvalue weighted by molar-refractivity contribution is 7.10. The van der Waals surface area contributed by atoms with Gasteiger partial charge in [-0.3, -0.25) is 0 Å². The van der Waals surface area contributed by atoms with E-state index in [0.29, 0.717) is 6.54 Å². The molecule has 2 aromatic rings. The van der Waals surface area contributed by atoms with Gasteiger partial charge in [-0.05, 0) is 30.0 Å². The van der Waals surface area contributed by atoms with Crippen molar-refractivity contribution in [3.63, 3.8) is 0 Å². The minimum Gasteiger partial charge on any atom is -0.305 e. The summed E-state index contributed by atoms with van der Waals surface area (Å²) in [5.74, 6) is 0. The number of hydrogen-bond acceptors (Lipinski definition) is 2. The molecule has 1 N–H and O–H groups in total. The fourth-order valence-electron chi connectivity index (χ4n) is 1.75. The highest BCUT2D eigenvalue weighted by atomic mass is 32.1. The maximum Gasteiger partial charge on any atom is 0.263 e. The Labute approximate surface area is 109 Å². The number of benzene rings is 1. The summed E-state index contributed by atoms with van der Waals surface area (Å²) in [6.07, 6.45) is -2.40. The van der Waals surface area contributed by atoms with Crippen LogP contribution in [0.4, 0.5) is 8.78 Å². The second kappa shape index (κ2) is 6.07. The molecule has 1 atom stereocenters. The third kappa shape index (κ3) is 3.37. The van der Waals surface area contributed by atoms with Crippen LogP contribution in [0.25, 0.3) is 0 Å². The summed E-state index contributed by atoms with van der Waals surface area (Å²) in [7, 11) is 0. The van der Waals surface area contributed by atoms with Gasteiger partial charge in [0.15, 0.2) is 0 Å². The minimum absolute atomic E-state index is 0.0816. The van der Waals surface area contributed by atoms with Crippen LogP contribution in [-0.2, 0) is 6.54 Å². The second-order valence-electron chi connectivity index (χ2n) is 4.16. The van der Waals surface area contributed by atoms with E-state index in [0.717, 1.165) is 5.56 Å². The molecule has 0 aliphatic heterocycles. The number of hydrogen-bond donors (Lipinski definition) is 1. The lowest BCUT2D eigenvalue weighted by Crippen LogP contribution is -2.17. The molecule has 1 nitrogen and oxygen atoms in total. The van der Waals surface area contributed by atoms with E-state index in [9.17, 15) is 8.78 Å². The molecule has 1 aromatic heterocycles. The summed E-state index contributed by atoms with van der Waals surface area (Å²) in [4.78, 5) is 1.25. The van der Waals surface area contributed by atoms with Crippen molar-refractivity contribution in [1.82, 2.24) is 5.32 Å². The molecule has 0 fully saturated rings. The average Bonchev–Trinajstić information content (AvgIpc) is 2.90. The molecule has 2 rings (SSSR count). The van der Waals surface area contributed by atoms with Crippen molar-refractivity contribution in [2.75, 3.05) is 0 Å². The lowest BCUT2D eigenvalue weighted by Gasteiger charge is -2.12. The molecule has 0 saturated carbocycles. The Bertz CT molecular complexity index is 482. The molecular weight excluding hydrogens is 252 g/mol. The molecule has 0 bridgehead atoms. The summed E-state index contributed by atoms with van der Waals surface area (Å²) in [6, 6.07) is 10.9. The van der Waals surface area contributed by atoms with Crippen LogP contribution in [0.2, 0.25) is 0 Å². The van der Waals surface area contributed by atoms with E-state index >= 15 is 0 Å². The van der Waals surface area contributed by atoms with Gasteiger partial charge in [-0.25, -0.2) is 8.78 Å². The van der Waals surface area contributed by atoms with Crippen molar-refractivity contribution >= 4 is 11.3 Å². The van der Waals surface area contributed by atoms with Gasteiger partial charge in [0, 0.05) is 23.0 Å². The van der Waals surface area contributed by atoms with Crippen molar-refractivity contribution < 1.29 is 8.78 Å². The summed E-state index contributed by atoms with van der Waals surface area (Å²) < 4.78 is 25.1. The molecule has 0 radical (unpaired) electrons. The Morgan fingerprint density at radius 1 is 1.22 bits per heavy atom. The maximum absolute atomic E-state index is 12.6. The minimum atomic E-state index is -2.40. The molecule has 96 valence electrons. The first-order valence-corrected chi connectivity index (χ1v) is 6.68. The Balaban J connectivity index is 1.96. The standard InChI is InChI=1S/C14H15F2NS/c1-10(13-6-3-7-18-13)17-9-11-4-2-5-12(8-11)14(15)16/h2-8,10,14,17H,9H2,1H3/t10-/m0/s1. The smallest absolute Gasteiger partial charge is 0.263 e. The topological polar surface area (TPSA) is 12.0 Å². The average molecular weight is 267 g/mol. The highest BCUT2D eigenvalue weighted by Gasteiger charge is 2.08. The number of nitrogens with one attached hydrogen (secondary N) is 1. The van der Waals surface area contributed by atoms with Gasteiger partial charge in [0.05, 0.1) is 0 Å². The van der Waals surface area contributed by atoms with Gasteiger partial charge in [-0.2, -0.15) is 0 Å². The lowest BCUT2D eigenvalue weighted by molar-refractivity contribution is 0.151. The fourth-order valence-corrected chi connectivity index (χ4v) is 2.51. The molecule has 0 amide bonds. The number of alkyl halides is 2. The van der Waals surface area contributed by atoms with Gasteiger partial charge >= 0.3 is 0 Å². The van der Waals surface area contributed by atoms with Gasteiger partial charge in [0.2, 0.25) is 0 Å². The summed E-state index contributed by atoms with van der Waals surface area (Å²) in [5, 5.41) is 5.37. The second-order valence-corrected chi connectivity index (χ2v) is 5.14. The van der Waals surface area contributed by atoms with E-state index in [1.807, 2.05) is 17.5 Å². The van der Waals surface area contributed by atoms with Crippen LogP contribution in [-0.4, -0.2) is 0 Å². The van der Waals surface area contributed by atoms with Crippen LogP contribution in [0.5, 0.6) is 0 Å². The van der Waals surface area contributed by atoms with E-state index in [-0.39, 0.29) is 11.6 Å². The van der Waals surface area contributed by atoms with Crippen LogP contribution < -0.4 is 5.32 Å². The normalized spacial score (nSPS) is 12.9. The van der Waals surface area contributed by atoms with E-state index in [1.165, 1.54) is 10.9 Å². The quantitative estimate of drug-likeness (QED) is 0.838. The third-order valence-electron chi connectivity index (χ3n) is 2.79. The van der Waals surface area contributed by atoms with Crippen LogP contribution in [0.15, 0.2) is 41.8 Å². The molecular formula is C14H15F2NS. The first-order chi connectivity index (χ1) is 8.66. The van der Waals surface area contributed by atoms with Gasteiger partial charge in [-0.15, -0.1) is 11.3 Å². The number of thiophene rings is 1. The van der Waals surface area contributed by atoms with E-state index in [4.69, 9.17) is 0 Å². The zero-order valence-electron chi connectivity index (χ0n) is 10.1. The summed E-state index contributed by atoms with van der Waals surface area (Å²) in [5.41, 5.74) is 0.967. The summed E-state index contributed by atoms with van der Waals surface area (Å²) >= 11 is 1.69. The third-order valence-corrected chi connectivity index (χ3v) is 3.84. The Hall–Kier alpha value is -1.26. The molecule has 0 unspecified atom stereocenters. The van der Waals surface area contributed by atoms with Gasteiger partial charge in [-0.1, -0.05) is 24.3 Å². The van der Waals surface area contributed by atoms with Gasteiger partial charge in [0.1, 0.15) is 0 Å². The van der Waals surface area contributed by atoms with Crippen molar-refractivity contribution in [2.24, 2.45) is 0 Å². The van der Waals surface area contributed by atoms with Crippen LogP contribution >= 0.6 is 11.3 Å². The van der Waals surface area contributed by atoms with E-state index in [1.54, 1.807) is 23.5 Å². The maximum atomic E-state index is 12.6. The first kappa shape index (κ1) is 13.2. The largest absolute Gasteiger partial charge is 0.305 e. The van der Waals surface area contributed by atoms with Gasteiger partial charge < -0.3 is 5.32 Å². The Kier molecular flexibility index (Phi) is 4.44. The van der Waals surface area contributed by atoms with Crippen molar-refractivity contribution in [1.29, 1.82) is 0 Å². The Morgan fingerprint density at radius 2 is 2.06 bits per heavy atom. The predicted molar refractivity (Wildman–Crippen MR) is 71.0 cm³/mol. The zero-order valence-corrected chi connectivity index (χ0v) is 10.9. The monoisotopic (exact) mass is 267 g/mol. The molecule has 0 saturated heterocycles. The van der Waals surface area contributed by atoms with Crippen molar-refractivity contribution in [3.8, 4) is 0 Å². The van der Waals surface area contributed by atoms with Crippen molar-refractivity contribution in [3.05, 3.63) is 57.8 Å². The first-order valence-electron chi connectivity index (χ1n) is 5.80. The molecule has 1 aromatic carbocycles. The Morgan fingerprint density at radius 3 is 2.72 bits per heavy atom. The molecule has 0 spiro atoms. The summed E-state index contributed by atoms with van der Waals surface area (Å²) in [6.45, 7) is 2.67. The van der Waals surface area contributed by atoms with Gasteiger partial charge in [0.25, 0.3) is 6.43 Å². The molecule has 0 aliphatic rings. The SMILES string of the molecule is C[C@H](NCc1cccc(C(F)F)c1)c1cccs1. The van der Waals surface area contributed by atoms with Crippen LogP contribution in [0.3, 0.4) is 0 Å². The van der Waals surface area contributed by atoms with E-state index < -0.39 is 6.43 Å². The van der Waals surface area contributed by atoms with Crippen LogP contribution in [0, 0.1) is 0 Å². The number of rotatable bonds is 5. The van der Waals surface area contributed by atoms with E-state index in [2.05, 4.69) is 18.3 Å². The number of halogens is 2. The molecule has 1 heterocycles. The lowest BCUT2D eigenvalue weighted by atomic mass is 10.1. The molecule has 4 heteroatoms. The van der Waals surface area contributed by atoms with Crippen LogP contribution in [0.1, 0.15) is 35.4 Å². The molecule has 18 heavy (non-hydrogen) atoms. The van der Waals surface area contributed by atoms with Crippen molar-refractivity contribution in [2.45, 2.75) is 25.9 Å². The molecule has 0 aliphatic carbocycles. The predicted octanol–water partition coefficient (Wildman–Crippen LogP) is 4.54. The zero-order chi connectivity index (χ0) is 13.0. The highest BCUT2D eigenvalue weighted by Crippen LogP contribution is 2.21. The fraction of sp³-hybridized carbons (Fsp3) is 0.286.